The highest BCUT2D eigenvalue weighted by Crippen LogP contribution is 2.35. The summed E-state index contributed by atoms with van der Waals surface area (Å²) in [4.78, 5) is 19.6. The van der Waals surface area contributed by atoms with Crippen molar-refractivity contribution in [2.75, 3.05) is 18.5 Å². The van der Waals surface area contributed by atoms with Crippen LogP contribution in [0.15, 0.2) is 61.1 Å². The van der Waals surface area contributed by atoms with Crippen LogP contribution >= 0.6 is 0 Å². The quantitative estimate of drug-likeness (QED) is 0.451. The Morgan fingerprint density at radius 3 is 2.84 bits per heavy atom. The van der Waals surface area contributed by atoms with Gasteiger partial charge in [0.15, 0.2) is 0 Å². The van der Waals surface area contributed by atoms with E-state index in [0.29, 0.717) is 18.7 Å². The van der Waals surface area contributed by atoms with Crippen LogP contribution in [0.4, 0.5) is 5.69 Å². The van der Waals surface area contributed by atoms with Crippen LogP contribution in [0.3, 0.4) is 0 Å². The number of nitrogens with one attached hydrogen (secondary N) is 3. The molecular formula is C25H30N4O2. The van der Waals surface area contributed by atoms with Gasteiger partial charge in [0.05, 0.1) is 17.6 Å². The first kappa shape index (κ1) is 21.0. The lowest BCUT2D eigenvalue weighted by Gasteiger charge is -2.37. The molecule has 2 aromatic carbocycles. The van der Waals surface area contributed by atoms with E-state index in [1.807, 2.05) is 18.2 Å². The number of carbonyl (C=O) groups is 1. The van der Waals surface area contributed by atoms with Gasteiger partial charge in [-0.1, -0.05) is 36.8 Å². The number of benzene rings is 2. The zero-order chi connectivity index (χ0) is 21.5. The minimum absolute atomic E-state index is 0.0840. The molecule has 0 bridgehead atoms. The van der Waals surface area contributed by atoms with Crippen LogP contribution in [0.1, 0.15) is 47.8 Å². The van der Waals surface area contributed by atoms with Crippen molar-refractivity contribution in [2.24, 2.45) is 0 Å². The van der Waals surface area contributed by atoms with Gasteiger partial charge in [0.2, 0.25) is 0 Å². The van der Waals surface area contributed by atoms with Gasteiger partial charge in [0.1, 0.15) is 12.4 Å². The van der Waals surface area contributed by atoms with E-state index in [1.54, 1.807) is 12.5 Å². The van der Waals surface area contributed by atoms with E-state index in [2.05, 4.69) is 57.9 Å². The predicted molar refractivity (Wildman–Crippen MR) is 123 cm³/mol. The summed E-state index contributed by atoms with van der Waals surface area (Å²) in [6.07, 6.45) is 8.51. The molecule has 4 rings (SSSR count). The molecule has 31 heavy (non-hydrogen) atoms. The monoisotopic (exact) mass is 418 g/mol. The van der Waals surface area contributed by atoms with Crippen LogP contribution in [-0.4, -0.2) is 34.6 Å². The number of amides is 1. The highest BCUT2D eigenvalue weighted by atomic mass is 16.5. The van der Waals surface area contributed by atoms with Crippen molar-refractivity contribution >= 4 is 11.6 Å². The molecule has 0 saturated heterocycles. The molecule has 1 atom stereocenters. The fourth-order valence-electron chi connectivity index (χ4n) is 3.95. The molecule has 1 aliphatic heterocycles. The summed E-state index contributed by atoms with van der Waals surface area (Å²) in [7, 11) is 0. The molecule has 3 N–H and O–H groups in total. The maximum atomic E-state index is 12.6. The Kier molecular flexibility index (Phi) is 6.55. The van der Waals surface area contributed by atoms with Gasteiger partial charge < -0.3 is 20.4 Å². The van der Waals surface area contributed by atoms with Crippen LogP contribution in [0.2, 0.25) is 0 Å². The van der Waals surface area contributed by atoms with E-state index in [9.17, 15) is 4.79 Å². The van der Waals surface area contributed by atoms with E-state index in [4.69, 9.17) is 4.74 Å². The molecule has 0 fully saturated rings. The third kappa shape index (κ3) is 5.66. The Bertz CT molecular complexity index is 988. The third-order valence-electron chi connectivity index (χ3n) is 5.75. The minimum Gasteiger partial charge on any atom is -0.489 e. The molecule has 1 aliphatic rings. The molecular weight excluding hydrogens is 388 g/mol. The van der Waals surface area contributed by atoms with Crippen molar-refractivity contribution in [2.45, 2.75) is 44.6 Å². The highest BCUT2D eigenvalue weighted by molar-refractivity contribution is 5.95. The third-order valence-corrected chi connectivity index (χ3v) is 5.75. The van der Waals surface area contributed by atoms with E-state index in [0.717, 1.165) is 49.2 Å². The molecule has 6 heteroatoms. The van der Waals surface area contributed by atoms with Crippen molar-refractivity contribution in [3.8, 4) is 5.75 Å². The van der Waals surface area contributed by atoms with Crippen LogP contribution in [0.25, 0.3) is 0 Å². The summed E-state index contributed by atoms with van der Waals surface area (Å²) < 4.78 is 6.01. The molecule has 0 aliphatic carbocycles. The lowest BCUT2D eigenvalue weighted by atomic mass is 9.92. The second-order valence-corrected chi connectivity index (χ2v) is 8.46. The molecule has 0 radical (unpaired) electrons. The number of hydrogen-bond donors (Lipinski definition) is 3. The Balaban J connectivity index is 1.29. The predicted octanol–water partition coefficient (Wildman–Crippen LogP) is 4.36. The van der Waals surface area contributed by atoms with E-state index >= 15 is 0 Å². The Morgan fingerprint density at radius 2 is 2.03 bits per heavy atom. The SMILES string of the molecule is CC1(CCCCc2ccccc2)COc2ccc(C(=O)NCCc3cnc[nH]3)cc2N1. The minimum atomic E-state index is -0.139. The van der Waals surface area contributed by atoms with Crippen LogP contribution in [0.5, 0.6) is 5.75 Å². The number of hydrogen-bond acceptors (Lipinski definition) is 4. The van der Waals surface area contributed by atoms with Crippen LogP contribution in [-0.2, 0) is 12.8 Å². The van der Waals surface area contributed by atoms with Gasteiger partial charge in [-0.05, 0) is 49.9 Å². The number of H-pyrrole nitrogens is 1. The summed E-state index contributed by atoms with van der Waals surface area (Å²) in [5, 5.41) is 6.59. The van der Waals surface area contributed by atoms with Gasteiger partial charge in [-0.25, -0.2) is 4.98 Å². The lowest BCUT2D eigenvalue weighted by Crippen LogP contribution is -2.44. The molecule has 2 heterocycles. The number of nitrogens with zero attached hydrogens (tertiary/aromatic N) is 1. The van der Waals surface area contributed by atoms with Gasteiger partial charge in [0, 0.05) is 30.4 Å². The number of aromatic nitrogens is 2. The number of ether oxygens (including phenoxy) is 1. The maximum absolute atomic E-state index is 12.6. The summed E-state index contributed by atoms with van der Waals surface area (Å²) in [6, 6.07) is 16.2. The van der Waals surface area contributed by atoms with Crippen molar-refractivity contribution in [3.63, 3.8) is 0 Å². The van der Waals surface area contributed by atoms with E-state index < -0.39 is 0 Å². The first-order valence-electron chi connectivity index (χ1n) is 11.0. The molecule has 0 spiro atoms. The summed E-state index contributed by atoms with van der Waals surface area (Å²) in [5.41, 5.74) is 3.77. The highest BCUT2D eigenvalue weighted by Gasteiger charge is 2.30. The zero-order valence-electron chi connectivity index (χ0n) is 18.0. The van der Waals surface area contributed by atoms with E-state index in [-0.39, 0.29) is 11.4 Å². The van der Waals surface area contributed by atoms with E-state index in [1.165, 1.54) is 5.56 Å². The van der Waals surface area contributed by atoms with Crippen molar-refractivity contribution in [1.82, 2.24) is 15.3 Å². The Labute approximate surface area is 183 Å². The molecule has 0 saturated carbocycles. The fourth-order valence-corrected chi connectivity index (χ4v) is 3.95. The first-order chi connectivity index (χ1) is 15.1. The molecule has 3 aromatic rings. The molecule has 1 unspecified atom stereocenters. The summed E-state index contributed by atoms with van der Waals surface area (Å²) in [6.45, 7) is 3.37. The zero-order valence-corrected chi connectivity index (χ0v) is 18.0. The number of fused-ring (bicyclic) bond motifs is 1. The second-order valence-electron chi connectivity index (χ2n) is 8.46. The summed E-state index contributed by atoms with van der Waals surface area (Å²) >= 11 is 0. The first-order valence-corrected chi connectivity index (χ1v) is 11.0. The second kappa shape index (κ2) is 9.69. The van der Waals surface area contributed by atoms with Crippen LogP contribution in [0, 0.1) is 0 Å². The number of aromatic amines is 1. The molecule has 6 nitrogen and oxygen atoms in total. The van der Waals surface area contributed by atoms with Gasteiger partial charge in [0.25, 0.3) is 5.91 Å². The molecule has 1 amide bonds. The average molecular weight is 419 g/mol. The fraction of sp³-hybridized carbons (Fsp3) is 0.360. The topological polar surface area (TPSA) is 79.0 Å². The van der Waals surface area contributed by atoms with Gasteiger partial charge in [-0.2, -0.15) is 0 Å². The average Bonchev–Trinajstić information content (AvgIpc) is 3.30. The number of anilines is 1. The van der Waals surface area contributed by atoms with Crippen molar-refractivity contribution < 1.29 is 9.53 Å². The van der Waals surface area contributed by atoms with Crippen molar-refractivity contribution in [1.29, 1.82) is 0 Å². The smallest absolute Gasteiger partial charge is 0.251 e. The Hall–Kier alpha value is -3.28. The van der Waals surface area contributed by atoms with Gasteiger partial charge in [-0.3, -0.25) is 4.79 Å². The normalized spacial score (nSPS) is 17.3. The van der Waals surface area contributed by atoms with Crippen molar-refractivity contribution in [3.05, 3.63) is 77.9 Å². The van der Waals surface area contributed by atoms with Gasteiger partial charge >= 0.3 is 0 Å². The maximum Gasteiger partial charge on any atom is 0.251 e. The number of unbranched alkanes of at least 4 members (excludes halogenated alkanes) is 1. The van der Waals surface area contributed by atoms with Gasteiger partial charge in [-0.15, -0.1) is 0 Å². The lowest BCUT2D eigenvalue weighted by molar-refractivity contribution is 0.0954. The largest absolute Gasteiger partial charge is 0.489 e. The molecule has 1 aromatic heterocycles. The molecule has 162 valence electrons. The number of aryl methyl sites for hydroxylation is 1. The number of imidazole rings is 1. The number of carbonyl (C=O) groups excluding carboxylic acids is 1. The Morgan fingerprint density at radius 1 is 1.16 bits per heavy atom. The standard InChI is InChI=1S/C25H30N4O2/c1-25(13-6-5-9-19-7-3-2-4-8-19)17-31-23-11-10-20(15-22(23)29-25)24(30)27-14-12-21-16-26-18-28-21/h2-4,7-8,10-11,15-16,18,29H,5-6,9,12-14,17H2,1H3,(H,26,28)(H,27,30). The number of rotatable bonds is 9. The summed E-state index contributed by atoms with van der Waals surface area (Å²) in [5.74, 6) is 0.718. The van der Waals surface area contributed by atoms with Crippen LogP contribution < -0.4 is 15.4 Å².